The Kier molecular flexibility index (Phi) is 4.85. The Hall–Kier alpha value is -1.59. The number of aryl methyl sites for hydroxylation is 1. The Labute approximate surface area is 131 Å². The van der Waals surface area contributed by atoms with Crippen LogP contribution in [0.3, 0.4) is 0 Å². The fraction of sp³-hybridized carbons (Fsp3) is 0.188. The van der Waals surface area contributed by atoms with Gasteiger partial charge in [0.2, 0.25) is 0 Å². The first-order valence-electron chi connectivity index (χ1n) is 6.32. The van der Waals surface area contributed by atoms with E-state index in [0.717, 1.165) is 17.4 Å². The van der Waals surface area contributed by atoms with Crippen LogP contribution < -0.4 is 0 Å². The first kappa shape index (κ1) is 15.8. The van der Waals surface area contributed by atoms with Gasteiger partial charge in [-0.3, -0.25) is 14.4 Å². The molecule has 1 aliphatic rings. The predicted molar refractivity (Wildman–Crippen MR) is 87.7 cm³/mol. The van der Waals surface area contributed by atoms with Gasteiger partial charge in [-0.05, 0) is 26.3 Å². The average Bonchev–Trinajstić information content (AvgIpc) is 2.87. The summed E-state index contributed by atoms with van der Waals surface area (Å²) in [4.78, 5) is 35.6. The molecule has 0 spiro atoms. The van der Waals surface area contributed by atoms with Crippen LogP contribution in [0.15, 0.2) is 38.3 Å². The van der Waals surface area contributed by atoms with Crippen molar-refractivity contribution in [3.63, 3.8) is 0 Å². The second-order valence-corrected chi connectivity index (χ2v) is 6.96. The molecule has 1 aromatic carbocycles. The molecule has 0 bridgehead atoms. The summed E-state index contributed by atoms with van der Waals surface area (Å²) in [6.45, 7) is 4.84. The minimum absolute atomic E-state index is 0.151. The third-order valence-corrected chi connectivity index (χ3v) is 5.77. The van der Waals surface area contributed by atoms with Gasteiger partial charge in [-0.25, -0.2) is 0 Å². The van der Waals surface area contributed by atoms with Crippen molar-refractivity contribution in [1.29, 1.82) is 0 Å². The Bertz CT molecular complexity index is 654. The number of benzene rings is 1. The van der Waals surface area contributed by atoms with Crippen LogP contribution in [0.2, 0.25) is 0 Å². The highest BCUT2D eigenvalue weighted by molar-refractivity contribution is 8.29. The second kappa shape index (κ2) is 6.45. The van der Waals surface area contributed by atoms with Crippen molar-refractivity contribution in [2.24, 2.45) is 0 Å². The number of ketones is 2. The Morgan fingerprint density at radius 1 is 0.952 bits per heavy atom. The molecule has 0 amide bonds. The van der Waals surface area contributed by atoms with Crippen LogP contribution in [0.1, 0.15) is 25.0 Å². The fourth-order valence-corrected chi connectivity index (χ4v) is 4.44. The average molecular weight is 318 g/mol. The van der Waals surface area contributed by atoms with Crippen LogP contribution in [0, 0.1) is 6.92 Å². The molecule has 0 radical (unpaired) electrons. The lowest BCUT2D eigenvalue weighted by Gasteiger charge is -2.05. The number of aldehydes is 1. The van der Waals surface area contributed by atoms with Gasteiger partial charge in [0.15, 0.2) is 17.9 Å². The van der Waals surface area contributed by atoms with Crippen LogP contribution in [0.25, 0.3) is 5.57 Å². The lowest BCUT2D eigenvalue weighted by Crippen LogP contribution is -1.98. The zero-order valence-electron chi connectivity index (χ0n) is 11.9. The van der Waals surface area contributed by atoms with Gasteiger partial charge in [0, 0.05) is 5.57 Å². The van der Waals surface area contributed by atoms with E-state index in [1.165, 1.54) is 37.4 Å². The summed E-state index contributed by atoms with van der Waals surface area (Å²) in [6, 6.07) is 7.59. The SMILES string of the molecule is CC(=O)C1=C(C(C)=O)SC(=C(C=O)c2ccc(C)cc2)S1. The molecule has 1 aromatic rings. The number of Topliss-reactive ketones (excluding diaryl/α,β-unsaturated/α-hetero) is 2. The summed E-state index contributed by atoms with van der Waals surface area (Å²) in [5.41, 5.74) is 2.41. The number of rotatable bonds is 4. The number of allylic oxidation sites excluding steroid dienone is 3. The molecule has 0 atom stereocenters. The monoisotopic (exact) mass is 318 g/mol. The summed E-state index contributed by atoms with van der Waals surface area (Å²) in [5, 5.41) is 0. The van der Waals surface area contributed by atoms with Crippen molar-refractivity contribution < 1.29 is 14.4 Å². The first-order chi connectivity index (χ1) is 9.93. The van der Waals surface area contributed by atoms with Crippen LogP contribution in [0.5, 0.6) is 0 Å². The highest BCUT2D eigenvalue weighted by atomic mass is 32.2. The summed E-state index contributed by atoms with van der Waals surface area (Å²) in [5.74, 6) is -0.302. The van der Waals surface area contributed by atoms with E-state index in [2.05, 4.69) is 0 Å². The number of carbonyl (C=O) groups excluding carboxylic acids is 3. The zero-order valence-corrected chi connectivity index (χ0v) is 13.6. The largest absolute Gasteiger partial charge is 0.298 e. The Morgan fingerprint density at radius 3 is 1.81 bits per heavy atom. The summed E-state index contributed by atoms with van der Waals surface area (Å²) in [7, 11) is 0. The van der Waals surface area contributed by atoms with E-state index in [1.54, 1.807) is 0 Å². The summed E-state index contributed by atoms with van der Waals surface area (Å²) in [6.07, 6.45) is 0.779. The Morgan fingerprint density at radius 2 is 1.43 bits per heavy atom. The number of thioether (sulfide) groups is 2. The number of hydrogen-bond donors (Lipinski definition) is 0. The zero-order chi connectivity index (χ0) is 15.6. The van der Waals surface area contributed by atoms with Gasteiger partial charge in [0.25, 0.3) is 0 Å². The Balaban J connectivity index is 2.45. The van der Waals surface area contributed by atoms with Crippen LogP contribution in [-0.4, -0.2) is 17.9 Å². The smallest absolute Gasteiger partial charge is 0.167 e. The minimum atomic E-state index is -0.151. The third kappa shape index (κ3) is 3.36. The van der Waals surface area contributed by atoms with Gasteiger partial charge < -0.3 is 0 Å². The molecule has 1 aliphatic heterocycles. The molecule has 5 heteroatoms. The van der Waals surface area contributed by atoms with E-state index in [0.29, 0.717) is 19.6 Å². The van der Waals surface area contributed by atoms with E-state index in [9.17, 15) is 14.4 Å². The van der Waals surface area contributed by atoms with Gasteiger partial charge in [-0.2, -0.15) is 0 Å². The molecule has 21 heavy (non-hydrogen) atoms. The van der Waals surface area contributed by atoms with Crippen molar-refractivity contribution in [2.75, 3.05) is 0 Å². The van der Waals surface area contributed by atoms with Gasteiger partial charge in [-0.1, -0.05) is 53.4 Å². The maximum Gasteiger partial charge on any atom is 0.167 e. The van der Waals surface area contributed by atoms with Crippen molar-refractivity contribution in [3.05, 3.63) is 49.4 Å². The quantitative estimate of drug-likeness (QED) is 0.625. The lowest BCUT2D eigenvalue weighted by molar-refractivity contribution is -0.115. The first-order valence-corrected chi connectivity index (χ1v) is 7.95. The highest BCUT2D eigenvalue weighted by Crippen LogP contribution is 2.52. The normalized spacial score (nSPS) is 14.3. The molecule has 0 N–H and O–H groups in total. The molecular weight excluding hydrogens is 304 g/mol. The van der Waals surface area contributed by atoms with Crippen molar-refractivity contribution in [2.45, 2.75) is 20.8 Å². The van der Waals surface area contributed by atoms with Crippen molar-refractivity contribution in [3.8, 4) is 0 Å². The number of hydrogen-bond acceptors (Lipinski definition) is 5. The van der Waals surface area contributed by atoms with E-state index >= 15 is 0 Å². The molecule has 1 heterocycles. The van der Waals surface area contributed by atoms with Crippen LogP contribution in [0.4, 0.5) is 0 Å². The second-order valence-electron chi connectivity index (χ2n) is 4.66. The molecule has 0 unspecified atom stereocenters. The van der Waals surface area contributed by atoms with Gasteiger partial charge in [-0.15, -0.1) is 0 Å². The standard InChI is InChI=1S/C16H14O3S2/c1-9-4-6-12(7-5-9)13(8-17)16-20-14(10(2)18)15(21-16)11(3)19/h4-8H,1-3H3. The van der Waals surface area contributed by atoms with Crippen LogP contribution in [-0.2, 0) is 14.4 Å². The minimum Gasteiger partial charge on any atom is -0.298 e. The molecule has 0 aromatic heterocycles. The molecule has 0 aliphatic carbocycles. The van der Waals surface area contributed by atoms with Gasteiger partial charge in [0.1, 0.15) is 0 Å². The lowest BCUT2D eigenvalue weighted by atomic mass is 10.1. The van der Waals surface area contributed by atoms with E-state index < -0.39 is 0 Å². The molecule has 3 nitrogen and oxygen atoms in total. The molecule has 0 saturated heterocycles. The predicted octanol–water partition coefficient (Wildman–Crippen LogP) is 3.73. The van der Waals surface area contributed by atoms with Crippen molar-refractivity contribution in [1.82, 2.24) is 0 Å². The van der Waals surface area contributed by atoms with E-state index in [-0.39, 0.29) is 11.6 Å². The molecule has 0 saturated carbocycles. The molecule has 0 fully saturated rings. The molecular formula is C16H14O3S2. The van der Waals surface area contributed by atoms with Gasteiger partial charge in [0.05, 0.1) is 14.0 Å². The fourth-order valence-electron chi connectivity index (χ4n) is 1.84. The van der Waals surface area contributed by atoms with Crippen molar-refractivity contribution >= 4 is 46.9 Å². The maximum atomic E-state index is 11.6. The highest BCUT2D eigenvalue weighted by Gasteiger charge is 2.29. The summed E-state index contributed by atoms with van der Waals surface area (Å²) < 4.78 is 0.684. The molecule has 2 rings (SSSR count). The van der Waals surface area contributed by atoms with E-state index in [1.807, 2.05) is 31.2 Å². The maximum absolute atomic E-state index is 11.6. The third-order valence-electron chi connectivity index (χ3n) is 2.94. The van der Waals surface area contributed by atoms with Crippen LogP contribution >= 0.6 is 23.5 Å². The summed E-state index contributed by atoms with van der Waals surface area (Å²) >= 11 is 2.42. The number of carbonyl (C=O) groups is 3. The van der Waals surface area contributed by atoms with Gasteiger partial charge >= 0.3 is 0 Å². The van der Waals surface area contributed by atoms with E-state index in [4.69, 9.17) is 0 Å². The molecule has 108 valence electrons. The topological polar surface area (TPSA) is 51.2 Å².